The highest BCUT2D eigenvalue weighted by molar-refractivity contribution is 7.99. The molecule has 0 aliphatic heterocycles. The molecule has 25 heavy (non-hydrogen) atoms. The van der Waals surface area contributed by atoms with E-state index in [0.29, 0.717) is 15.7 Å². The maximum Gasteiger partial charge on any atom is 0.235 e. The van der Waals surface area contributed by atoms with Crippen molar-refractivity contribution in [2.24, 2.45) is 0 Å². The third-order valence-corrected chi connectivity index (χ3v) is 5.13. The average Bonchev–Trinajstić information content (AvgIpc) is 3.29. The molecule has 1 N–H and O–H groups in total. The van der Waals surface area contributed by atoms with Crippen molar-refractivity contribution < 1.29 is 9.53 Å². The van der Waals surface area contributed by atoms with E-state index in [9.17, 15) is 4.79 Å². The summed E-state index contributed by atoms with van der Waals surface area (Å²) < 4.78 is 7.07. The Morgan fingerprint density at radius 2 is 2.20 bits per heavy atom. The normalized spacial score (nSPS) is 10.2. The SMILES string of the molecule is COc1ccc(-n2ccnc2SCC(=O)Nc2sccc2C#N)cc1. The minimum atomic E-state index is -0.173. The van der Waals surface area contributed by atoms with Crippen LogP contribution in [-0.4, -0.2) is 28.3 Å². The van der Waals surface area contributed by atoms with Crippen LogP contribution in [0.4, 0.5) is 5.00 Å². The first kappa shape index (κ1) is 17.1. The number of rotatable bonds is 6. The number of thiophene rings is 1. The third kappa shape index (κ3) is 4.02. The van der Waals surface area contributed by atoms with Gasteiger partial charge in [-0.05, 0) is 35.7 Å². The van der Waals surface area contributed by atoms with Gasteiger partial charge in [0, 0.05) is 18.1 Å². The molecular formula is C17H14N4O2S2. The summed E-state index contributed by atoms with van der Waals surface area (Å²) in [6.07, 6.45) is 3.53. The fourth-order valence-corrected chi connectivity index (χ4v) is 3.65. The van der Waals surface area contributed by atoms with E-state index in [1.165, 1.54) is 23.1 Å². The Hall–Kier alpha value is -2.76. The van der Waals surface area contributed by atoms with Crippen molar-refractivity contribution in [3.63, 3.8) is 0 Å². The van der Waals surface area contributed by atoms with E-state index in [4.69, 9.17) is 10.00 Å². The van der Waals surface area contributed by atoms with Gasteiger partial charge in [0.25, 0.3) is 0 Å². The highest BCUT2D eigenvalue weighted by atomic mass is 32.2. The zero-order valence-corrected chi connectivity index (χ0v) is 14.9. The predicted molar refractivity (Wildman–Crippen MR) is 98.5 cm³/mol. The quantitative estimate of drug-likeness (QED) is 0.671. The number of thioether (sulfide) groups is 1. The second-order valence-electron chi connectivity index (χ2n) is 4.89. The number of nitriles is 1. The summed E-state index contributed by atoms with van der Waals surface area (Å²) in [5.41, 5.74) is 1.41. The van der Waals surface area contributed by atoms with E-state index in [-0.39, 0.29) is 11.7 Å². The Labute approximate surface area is 153 Å². The Morgan fingerprint density at radius 3 is 2.92 bits per heavy atom. The molecule has 3 rings (SSSR count). The topological polar surface area (TPSA) is 79.9 Å². The highest BCUT2D eigenvalue weighted by Crippen LogP contribution is 2.24. The number of carbonyl (C=O) groups excluding carboxylic acids is 1. The van der Waals surface area contributed by atoms with Crippen molar-refractivity contribution >= 4 is 34.0 Å². The Balaban J connectivity index is 1.65. The van der Waals surface area contributed by atoms with Crippen LogP contribution >= 0.6 is 23.1 Å². The van der Waals surface area contributed by atoms with Gasteiger partial charge in [0.1, 0.15) is 16.8 Å². The fourth-order valence-electron chi connectivity index (χ4n) is 2.12. The van der Waals surface area contributed by atoms with Crippen LogP contribution in [0.3, 0.4) is 0 Å². The summed E-state index contributed by atoms with van der Waals surface area (Å²) in [5.74, 6) is 0.811. The number of ether oxygens (including phenoxy) is 1. The molecule has 0 bridgehead atoms. The molecule has 3 aromatic rings. The summed E-state index contributed by atoms with van der Waals surface area (Å²) in [6, 6.07) is 11.3. The molecule has 0 aliphatic carbocycles. The summed E-state index contributed by atoms with van der Waals surface area (Å²) >= 11 is 2.67. The third-order valence-electron chi connectivity index (χ3n) is 3.33. The van der Waals surface area contributed by atoms with Crippen molar-refractivity contribution in [1.82, 2.24) is 9.55 Å². The smallest absolute Gasteiger partial charge is 0.235 e. The molecule has 2 aromatic heterocycles. The van der Waals surface area contributed by atoms with E-state index in [0.717, 1.165) is 11.4 Å². The van der Waals surface area contributed by atoms with E-state index in [1.807, 2.05) is 35.0 Å². The molecule has 1 aromatic carbocycles. The second kappa shape index (κ2) is 7.88. The van der Waals surface area contributed by atoms with Gasteiger partial charge in [-0.25, -0.2) is 4.98 Å². The van der Waals surface area contributed by atoms with Crippen molar-refractivity contribution in [2.75, 3.05) is 18.2 Å². The Bertz CT molecular complexity index is 909. The maximum atomic E-state index is 12.1. The van der Waals surface area contributed by atoms with Crippen molar-refractivity contribution in [1.29, 1.82) is 5.26 Å². The van der Waals surface area contributed by atoms with Crippen LogP contribution in [0.5, 0.6) is 5.75 Å². The lowest BCUT2D eigenvalue weighted by atomic mass is 10.3. The number of nitrogens with one attached hydrogen (secondary N) is 1. The zero-order chi connectivity index (χ0) is 17.6. The molecule has 0 aliphatic rings. The first-order valence-electron chi connectivity index (χ1n) is 7.29. The van der Waals surface area contributed by atoms with Gasteiger partial charge in [0.15, 0.2) is 5.16 Å². The van der Waals surface area contributed by atoms with E-state index in [2.05, 4.69) is 16.4 Å². The molecule has 0 radical (unpaired) electrons. The molecule has 0 atom stereocenters. The number of methoxy groups -OCH3 is 1. The fraction of sp³-hybridized carbons (Fsp3) is 0.118. The molecule has 6 nitrogen and oxygen atoms in total. The lowest BCUT2D eigenvalue weighted by Crippen LogP contribution is -2.14. The summed E-state index contributed by atoms with van der Waals surface area (Å²) in [7, 11) is 1.62. The number of amides is 1. The van der Waals surface area contributed by atoms with E-state index >= 15 is 0 Å². The van der Waals surface area contributed by atoms with Gasteiger partial charge in [-0.3, -0.25) is 9.36 Å². The lowest BCUT2D eigenvalue weighted by molar-refractivity contribution is -0.113. The van der Waals surface area contributed by atoms with Gasteiger partial charge in [-0.2, -0.15) is 5.26 Å². The number of carbonyl (C=O) groups is 1. The van der Waals surface area contributed by atoms with Gasteiger partial charge >= 0.3 is 0 Å². The van der Waals surface area contributed by atoms with Gasteiger partial charge in [-0.1, -0.05) is 11.8 Å². The summed E-state index contributed by atoms with van der Waals surface area (Å²) in [4.78, 5) is 16.4. The predicted octanol–water partition coefficient (Wildman–Crippen LogP) is 3.54. The van der Waals surface area contributed by atoms with E-state index < -0.39 is 0 Å². The zero-order valence-electron chi connectivity index (χ0n) is 13.3. The standard InChI is InChI=1S/C17H14N4O2S2/c1-23-14-4-2-13(3-5-14)21-8-7-19-17(21)25-11-15(22)20-16-12(10-18)6-9-24-16/h2-9H,11H2,1H3,(H,20,22). The van der Waals surface area contributed by atoms with E-state index in [1.54, 1.807) is 24.8 Å². The van der Waals surface area contributed by atoms with Gasteiger partial charge in [0.05, 0.1) is 18.4 Å². The summed E-state index contributed by atoms with van der Waals surface area (Å²) in [6.45, 7) is 0. The maximum absolute atomic E-state index is 12.1. The Kier molecular flexibility index (Phi) is 5.38. The number of hydrogen-bond acceptors (Lipinski definition) is 6. The van der Waals surface area contributed by atoms with Crippen LogP contribution in [-0.2, 0) is 4.79 Å². The largest absolute Gasteiger partial charge is 0.497 e. The molecule has 1 amide bonds. The van der Waals surface area contributed by atoms with Crippen molar-refractivity contribution in [3.05, 3.63) is 53.7 Å². The first-order valence-corrected chi connectivity index (χ1v) is 9.16. The van der Waals surface area contributed by atoms with Crippen molar-refractivity contribution in [2.45, 2.75) is 5.16 Å². The number of nitrogens with zero attached hydrogens (tertiary/aromatic N) is 3. The molecule has 0 saturated carbocycles. The number of aromatic nitrogens is 2. The van der Waals surface area contributed by atoms with Gasteiger partial charge in [0.2, 0.25) is 5.91 Å². The van der Waals surface area contributed by atoms with Crippen LogP contribution in [0.1, 0.15) is 5.56 Å². The minimum absolute atomic E-state index is 0.173. The van der Waals surface area contributed by atoms with Crippen LogP contribution in [0.25, 0.3) is 5.69 Å². The van der Waals surface area contributed by atoms with Gasteiger partial charge < -0.3 is 10.1 Å². The lowest BCUT2D eigenvalue weighted by Gasteiger charge is -2.08. The highest BCUT2D eigenvalue weighted by Gasteiger charge is 2.11. The molecule has 126 valence electrons. The average molecular weight is 370 g/mol. The molecular weight excluding hydrogens is 356 g/mol. The van der Waals surface area contributed by atoms with Crippen LogP contribution < -0.4 is 10.1 Å². The van der Waals surface area contributed by atoms with Crippen LogP contribution in [0.2, 0.25) is 0 Å². The molecule has 0 spiro atoms. The number of imidazole rings is 1. The first-order chi connectivity index (χ1) is 12.2. The van der Waals surface area contributed by atoms with Crippen molar-refractivity contribution in [3.8, 4) is 17.5 Å². The Morgan fingerprint density at radius 1 is 1.40 bits per heavy atom. The molecule has 0 fully saturated rings. The number of benzene rings is 1. The second-order valence-corrected chi connectivity index (χ2v) is 6.75. The molecule has 0 saturated heterocycles. The van der Waals surface area contributed by atoms with Gasteiger partial charge in [-0.15, -0.1) is 11.3 Å². The number of anilines is 1. The van der Waals surface area contributed by atoms with Crippen LogP contribution in [0, 0.1) is 11.3 Å². The summed E-state index contributed by atoms with van der Waals surface area (Å²) in [5, 5.41) is 14.8. The minimum Gasteiger partial charge on any atom is -0.497 e. The molecule has 8 heteroatoms. The monoisotopic (exact) mass is 370 g/mol. The number of hydrogen-bond donors (Lipinski definition) is 1. The molecule has 0 unspecified atom stereocenters. The van der Waals surface area contributed by atoms with Crippen LogP contribution in [0.15, 0.2) is 53.3 Å². The molecule has 2 heterocycles.